The molecule has 2 aromatic carbocycles. The molecule has 0 N–H and O–H groups in total. The molecule has 0 aromatic heterocycles. The summed E-state index contributed by atoms with van der Waals surface area (Å²) >= 11 is 0. The van der Waals surface area contributed by atoms with E-state index in [0.29, 0.717) is 24.8 Å². The number of nitro groups is 2. The summed E-state index contributed by atoms with van der Waals surface area (Å²) in [7, 11) is 0. The highest BCUT2D eigenvalue weighted by Gasteiger charge is 2.36. The van der Waals surface area contributed by atoms with Gasteiger partial charge in [0.15, 0.2) is 6.61 Å². The highest BCUT2D eigenvalue weighted by atomic mass is 19.4. The second kappa shape index (κ2) is 9.08. The number of nitrogens with zero attached hydrogens (tertiary/aromatic N) is 4. The molecule has 1 fully saturated rings. The third-order valence-corrected chi connectivity index (χ3v) is 4.88. The van der Waals surface area contributed by atoms with Crippen molar-refractivity contribution in [2.24, 2.45) is 0 Å². The average molecular weight is 454 g/mol. The Morgan fingerprint density at radius 3 is 2.25 bits per heavy atom. The molecule has 0 spiro atoms. The molecule has 13 heteroatoms. The van der Waals surface area contributed by atoms with Crippen LogP contribution in [0, 0.1) is 20.2 Å². The van der Waals surface area contributed by atoms with Crippen LogP contribution in [0.3, 0.4) is 0 Å². The van der Waals surface area contributed by atoms with Gasteiger partial charge in [0.25, 0.3) is 17.3 Å². The van der Waals surface area contributed by atoms with Gasteiger partial charge in [-0.1, -0.05) is 12.1 Å². The van der Waals surface area contributed by atoms with Gasteiger partial charge < -0.3 is 14.5 Å². The van der Waals surface area contributed by atoms with Crippen molar-refractivity contribution in [3.05, 3.63) is 68.3 Å². The van der Waals surface area contributed by atoms with Crippen LogP contribution in [0.15, 0.2) is 42.5 Å². The van der Waals surface area contributed by atoms with Gasteiger partial charge >= 0.3 is 6.18 Å². The first kappa shape index (κ1) is 22.8. The van der Waals surface area contributed by atoms with Gasteiger partial charge in [-0.3, -0.25) is 25.0 Å². The van der Waals surface area contributed by atoms with Crippen LogP contribution in [0.2, 0.25) is 0 Å². The number of para-hydroxylation sites is 2. The number of rotatable bonds is 6. The number of carbonyl (C=O) groups excluding carboxylic acids is 1. The smallest absolute Gasteiger partial charge is 0.420 e. The number of nitro benzene ring substituents is 2. The highest BCUT2D eigenvalue weighted by molar-refractivity contribution is 5.78. The zero-order valence-electron chi connectivity index (χ0n) is 16.4. The lowest BCUT2D eigenvalue weighted by Gasteiger charge is -2.35. The van der Waals surface area contributed by atoms with Crippen molar-refractivity contribution in [3.63, 3.8) is 0 Å². The van der Waals surface area contributed by atoms with Gasteiger partial charge in [-0.15, -0.1) is 0 Å². The van der Waals surface area contributed by atoms with Crippen LogP contribution in [0.25, 0.3) is 0 Å². The van der Waals surface area contributed by atoms with Crippen LogP contribution in [-0.4, -0.2) is 53.4 Å². The van der Waals surface area contributed by atoms with Crippen molar-refractivity contribution in [2.45, 2.75) is 6.18 Å². The number of benzene rings is 2. The van der Waals surface area contributed by atoms with E-state index < -0.39 is 45.5 Å². The molecule has 2 aromatic rings. The maximum Gasteiger partial charge on any atom is 0.420 e. The van der Waals surface area contributed by atoms with Crippen LogP contribution in [0.5, 0.6) is 5.75 Å². The molecule has 0 aliphatic carbocycles. The van der Waals surface area contributed by atoms with Gasteiger partial charge in [0.1, 0.15) is 17.0 Å². The van der Waals surface area contributed by atoms with E-state index in [1.165, 1.54) is 11.0 Å². The number of halogens is 3. The predicted octanol–water partition coefficient (Wildman–Crippen LogP) is 3.25. The molecular weight excluding hydrogens is 437 g/mol. The Bertz CT molecular complexity index is 1040. The zero-order valence-corrected chi connectivity index (χ0v) is 16.4. The average Bonchev–Trinajstić information content (AvgIpc) is 2.76. The molecule has 1 aliphatic rings. The molecule has 1 saturated heterocycles. The fourth-order valence-electron chi connectivity index (χ4n) is 3.29. The number of piperazine rings is 1. The summed E-state index contributed by atoms with van der Waals surface area (Å²) in [6.45, 7) is 0.289. The minimum Gasteiger partial charge on any atom is -0.483 e. The Labute approximate surface area is 179 Å². The van der Waals surface area contributed by atoms with Crippen LogP contribution < -0.4 is 9.64 Å². The molecule has 32 heavy (non-hydrogen) atoms. The number of amides is 1. The van der Waals surface area contributed by atoms with E-state index in [1.54, 1.807) is 23.1 Å². The summed E-state index contributed by atoms with van der Waals surface area (Å²) in [6.07, 6.45) is -4.90. The van der Waals surface area contributed by atoms with E-state index in [9.17, 15) is 38.2 Å². The maximum absolute atomic E-state index is 13.2. The van der Waals surface area contributed by atoms with Gasteiger partial charge in [-0.25, -0.2) is 0 Å². The van der Waals surface area contributed by atoms with Crippen molar-refractivity contribution in [1.29, 1.82) is 0 Å². The Morgan fingerprint density at radius 2 is 1.66 bits per heavy atom. The summed E-state index contributed by atoms with van der Waals surface area (Å²) in [4.78, 5) is 36.0. The zero-order chi connectivity index (χ0) is 23.5. The van der Waals surface area contributed by atoms with Crippen molar-refractivity contribution in [3.8, 4) is 5.75 Å². The first-order valence-electron chi connectivity index (χ1n) is 9.32. The number of alkyl halides is 3. The van der Waals surface area contributed by atoms with E-state index in [-0.39, 0.29) is 18.8 Å². The normalized spacial score (nSPS) is 14.2. The van der Waals surface area contributed by atoms with Gasteiger partial charge in [-0.2, -0.15) is 13.2 Å². The van der Waals surface area contributed by atoms with E-state index in [2.05, 4.69) is 0 Å². The van der Waals surface area contributed by atoms with Gasteiger partial charge in [0.2, 0.25) is 0 Å². The number of anilines is 1. The summed E-state index contributed by atoms with van der Waals surface area (Å²) in [6, 6.07) is 8.21. The molecule has 170 valence electrons. The largest absolute Gasteiger partial charge is 0.483 e. The van der Waals surface area contributed by atoms with Crippen molar-refractivity contribution < 1.29 is 32.5 Å². The summed E-state index contributed by atoms with van der Waals surface area (Å²) < 4.78 is 44.7. The third-order valence-electron chi connectivity index (χ3n) is 4.88. The van der Waals surface area contributed by atoms with Crippen molar-refractivity contribution in [2.75, 3.05) is 37.7 Å². The first-order valence-corrected chi connectivity index (χ1v) is 9.32. The van der Waals surface area contributed by atoms with E-state index in [1.807, 2.05) is 0 Å². The van der Waals surface area contributed by atoms with E-state index >= 15 is 0 Å². The topological polar surface area (TPSA) is 119 Å². The molecule has 0 radical (unpaired) electrons. The van der Waals surface area contributed by atoms with Crippen molar-refractivity contribution in [1.82, 2.24) is 4.90 Å². The summed E-state index contributed by atoms with van der Waals surface area (Å²) in [5.74, 6) is -1.26. The fraction of sp³-hybridized carbons (Fsp3) is 0.316. The molecule has 0 bridgehead atoms. The Hall–Kier alpha value is -3.90. The second-order valence-corrected chi connectivity index (χ2v) is 6.84. The van der Waals surface area contributed by atoms with Gasteiger partial charge in [0.05, 0.1) is 9.85 Å². The quantitative estimate of drug-likeness (QED) is 0.485. The number of carbonyl (C=O) groups is 1. The Kier molecular flexibility index (Phi) is 6.46. The molecular formula is C19H17F3N4O6. The second-order valence-electron chi connectivity index (χ2n) is 6.84. The number of hydrogen-bond donors (Lipinski definition) is 0. The van der Waals surface area contributed by atoms with Crippen molar-refractivity contribution >= 4 is 23.0 Å². The van der Waals surface area contributed by atoms with Crippen LogP contribution >= 0.6 is 0 Å². The Morgan fingerprint density at radius 1 is 1.00 bits per heavy atom. The number of hydrogen-bond acceptors (Lipinski definition) is 7. The summed E-state index contributed by atoms with van der Waals surface area (Å²) in [5, 5.41) is 21.9. The molecule has 3 rings (SSSR count). The molecule has 0 saturated carbocycles. The Balaban J connectivity index is 1.63. The van der Waals surface area contributed by atoms with Crippen LogP contribution in [-0.2, 0) is 11.0 Å². The van der Waals surface area contributed by atoms with E-state index in [0.717, 1.165) is 12.1 Å². The van der Waals surface area contributed by atoms with Crippen LogP contribution in [0.4, 0.5) is 30.2 Å². The third kappa shape index (κ3) is 5.04. The van der Waals surface area contributed by atoms with E-state index in [4.69, 9.17) is 4.74 Å². The number of non-ortho nitro benzene ring substituents is 1. The maximum atomic E-state index is 13.2. The molecule has 1 heterocycles. The predicted molar refractivity (Wildman–Crippen MR) is 105 cm³/mol. The summed E-state index contributed by atoms with van der Waals surface area (Å²) in [5.41, 5.74) is -1.74. The molecule has 10 nitrogen and oxygen atoms in total. The lowest BCUT2D eigenvalue weighted by atomic mass is 10.1. The highest BCUT2D eigenvalue weighted by Crippen LogP contribution is 2.38. The molecule has 1 amide bonds. The monoisotopic (exact) mass is 454 g/mol. The lowest BCUT2D eigenvalue weighted by molar-refractivity contribution is -0.385. The number of ether oxygens (including phenoxy) is 1. The minimum atomic E-state index is -4.90. The standard InChI is InChI=1S/C19H17F3N4O6/c20-19(21,22)14-11-13(25(28)29)5-6-17(14)32-12-18(27)24-9-7-23(8-10-24)15-3-1-2-4-16(15)26(30)31/h1-6,11H,7-10,12H2. The van der Waals surface area contributed by atoms with Crippen LogP contribution in [0.1, 0.15) is 5.56 Å². The molecule has 1 aliphatic heterocycles. The molecule has 0 atom stereocenters. The fourth-order valence-corrected chi connectivity index (χ4v) is 3.29. The SMILES string of the molecule is O=C(COc1ccc([N+](=O)[O-])cc1C(F)(F)F)N1CCN(c2ccccc2[N+](=O)[O-])CC1. The first-order chi connectivity index (χ1) is 15.1. The lowest BCUT2D eigenvalue weighted by Crippen LogP contribution is -2.50. The molecule has 0 unspecified atom stereocenters. The minimum absolute atomic E-state index is 0.0616. The van der Waals surface area contributed by atoms with Gasteiger partial charge in [0, 0.05) is 44.4 Å². The van der Waals surface area contributed by atoms with Gasteiger partial charge in [-0.05, 0) is 12.1 Å².